The third-order valence-electron chi connectivity index (χ3n) is 13.5. The first-order valence-electron chi connectivity index (χ1n) is 25.9. The van der Waals surface area contributed by atoms with Gasteiger partial charge in [-0.2, -0.15) is 12.6 Å². The van der Waals surface area contributed by atoms with Crippen LogP contribution in [0.25, 0.3) is 0 Å². The van der Waals surface area contributed by atoms with Gasteiger partial charge >= 0.3 is 0 Å². The molecule has 5 heterocycles. The lowest BCUT2D eigenvalue weighted by Crippen LogP contribution is -2.35. The molecule has 0 amide bonds. The lowest BCUT2D eigenvalue weighted by Gasteiger charge is -2.32. The molecule has 10 rings (SSSR count). The second-order valence-electron chi connectivity index (χ2n) is 19.9. The van der Waals surface area contributed by atoms with Gasteiger partial charge in [-0.25, -0.2) is 0 Å². The van der Waals surface area contributed by atoms with E-state index < -0.39 is 0 Å². The van der Waals surface area contributed by atoms with Gasteiger partial charge in [-0.1, -0.05) is 130 Å². The highest BCUT2D eigenvalue weighted by atomic mass is 127. The van der Waals surface area contributed by atoms with Crippen molar-refractivity contribution in [2.24, 2.45) is 11.8 Å². The number of nitrogens with zero attached hydrogens (tertiary/aromatic N) is 4. The van der Waals surface area contributed by atoms with E-state index in [0.29, 0.717) is 35.4 Å². The van der Waals surface area contributed by atoms with Crippen molar-refractivity contribution in [3.63, 3.8) is 0 Å². The summed E-state index contributed by atoms with van der Waals surface area (Å²) in [6.07, 6.45) is 10.6. The molecule has 5 aromatic carbocycles. The van der Waals surface area contributed by atoms with E-state index in [1.54, 1.807) is 30.3 Å². The number of hydrogen-bond donors (Lipinski definition) is 4. The molecule has 19 heteroatoms. The summed E-state index contributed by atoms with van der Waals surface area (Å²) >= 11 is 65.7. The summed E-state index contributed by atoms with van der Waals surface area (Å²) in [6, 6.07) is 28.2. The second-order valence-corrected chi connectivity index (χ2v) is 26.2. The van der Waals surface area contributed by atoms with Gasteiger partial charge in [0.05, 0.1) is 12.2 Å². The van der Waals surface area contributed by atoms with Crippen LogP contribution in [0.15, 0.2) is 91.0 Å². The molecular formula is C57H70Cl10IN5O2S. The molecule has 5 aromatic rings. The quantitative estimate of drug-likeness (QED) is 0.106. The summed E-state index contributed by atoms with van der Waals surface area (Å²) in [5, 5.41) is 28.9. The van der Waals surface area contributed by atoms with Crippen LogP contribution in [0.3, 0.4) is 0 Å². The predicted octanol–water partition coefficient (Wildman–Crippen LogP) is 18.6. The van der Waals surface area contributed by atoms with E-state index in [9.17, 15) is 5.11 Å². The molecule has 5 fully saturated rings. The van der Waals surface area contributed by atoms with Crippen LogP contribution in [-0.4, -0.2) is 93.1 Å². The Kier molecular flexibility index (Phi) is 30.0. The average molecular weight is 1370 g/mol. The van der Waals surface area contributed by atoms with Crippen LogP contribution in [0.5, 0.6) is 0 Å². The summed E-state index contributed by atoms with van der Waals surface area (Å²) in [7, 11) is 0. The van der Waals surface area contributed by atoms with Gasteiger partial charge in [0.25, 0.3) is 0 Å². The van der Waals surface area contributed by atoms with Crippen LogP contribution in [0.4, 0.5) is 22.7 Å². The Balaban J connectivity index is 0.000000171. The van der Waals surface area contributed by atoms with Crippen molar-refractivity contribution in [1.29, 1.82) is 0 Å². The fourth-order valence-electron chi connectivity index (χ4n) is 9.00. The summed E-state index contributed by atoms with van der Waals surface area (Å²) < 4.78 is 1.06. The largest absolute Gasteiger partial charge is 0.393 e. The number of aliphatic hydroxyl groups excluding tert-OH is 2. The molecular weight excluding hydrogens is 1300 g/mol. The van der Waals surface area contributed by atoms with Crippen molar-refractivity contribution in [3.05, 3.63) is 145 Å². The number of piperidine rings is 5. The molecule has 7 nitrogen and oxygen atoms in total. The van der Waals surface area contributed by atoms with E-state index >= 15 is 0 Å². The first kappa shape index (κ1) is 66.0. The normalized spacial score (nSPS) is 17.8. The zero-order chi connectivity index (χ0) is 55.3. The molecule has 418 valence electrons. The standard InChI is InChI=1S/2C12H15Cl2N.C11H13Cl2NO.C11H13Cl2NS.C6H3Cl2I.C5H11NO/c2*1-9-2-4-15(5-3-9)12-7-10(13)6-11(14)8-12;2*12-8-5-9(13)7-10(6-8)14-3-1-11(15)2-4-14;7-4-1-5(8)3-6(9)2-4;7-5-1-3-6-4-2-5/h2*6-9H,2-5H2,1H3;2*5-7,11,15H,1-4H2;1-3H;5-7H,1-4H2. The monoisotopic (exact) mass is 1370 g/mol. The molecule has 0 aliphatic carbocycles. The molecule has 0 atom stereocenters. The molecule has 76 heavy (non-hydrogen) atoms. The zero-order valence-electron chi connectivity index (χ0n) is 43.0. The van der Waals surface area contributed by atoms with Gasteiger partial charge in [0, 0.05) is 134 Å². The Bertz CT molecular complexity index is 2110. The molecule has 0 unspecified atom stereocenters. The molecule has 5 aliphatic heterocycles. The number of halogens is 11. The average Bonchev–Trinajstić information content (AvgIpc) is 3.35. The maximum atomic E-state index is 9.40. The fraction of sp³-hybridized carbons (Fsp3) is 0.474. The van der Waals surface area contributed by atoms with E-state index in [4.69, 9.17) is 121 Å². The maximum Gasteiger partial charge on any atom is 0.0574 e. The molecule has 0 saturated carbocycles. The van der Waals surface area contributed by atoms with Crippen LogP contribution in [-0.2, 0) is 0 Å². The van der Waals surface area contributed by atoms with E-state index in [2.05, 4.69) is 74.0 Å². The number of nitrogens with one attached hydrogen (secondary N) is 1. The molecule has 0 radical (unpaired) electrons. The van der Waals surface area contributed by atoms with Gasteiger partial charge < -0.3 is 35.1 Å². The maximum absolute atomic E-state index is 9.40. The number of rotatable bonds is 4. The zero-order valence-corrected chi connectivity index (χ0v) is 53.6. The van der Waals surface area contributed by atoms with E-state index in [0.717, 1.165) is 162 Å². The predicted molar refractivity (Wildman–Crippen MR) is 346 cm³/mol. The third kappa shape index (κ3) is 25.1. The smallest absolute Gasteiger partial charge is 0.0574 e. The molecule has 3 N–H and O–H groups in total. The van der Waals surface area contributed by atoms with Gasteiger partial charge in [0.1, 0.15) is 0 Å². The highest BCUT2D eigenvalue weighted by Gasteiger charge is 2.20. The van der Waals surface area contributed by atoms with Crippen molar-refractivity contribution in [3.8, 4) is 0 Å². The lowest BCUT2D eigenvalue weighted by molar-refractivity contribution is 0.137. The van der Waals surface area contributed by atoms with Crippen LogP contribution in [0, 0.1) is 15.4 Å². The van der Waals surface area contributed by atoms with Crippen molar-refractivity contribution in [2.75, 3.05) is 85.0 Å². The summed E-state index contributed by atoms with van der Waals surface area (Å²) in [5.41, 5.74) is 4.46. The second kappa shape index (κ2) is 34.6. The number of benzene rings is 5. The van der Waals surface area contributed by atoms with Crippen molar-refractivity contribution >= 4 is 174 Å². The topological polar surface area (TPSA) is 65.5 Å². The Morgan fingerprint density at radius 1 is 0.368 bits per heavy atom. The van der Waals surface area contributed by atoms with Gasteiger partial charge in [-0.05, 0) is 203 Å². The van der Waals surface area contributed by atoms with E-state index in [1.807, 2.05) is 60.7 Å². The highest BCUT2D eigenvalue weighted by molar-refractivity contribution is 14.1. The van der Waals surface area contributed by atoms with Gasteiger partial charge in [0.2, 0.25) is 0 Å². The SMILES string of the molecule is CC1CCN(c2cc(Cl)cc(Cl)c2)CC1.CC1CCN(c2cc(Cl)cc(Cl)c2)CC1.Clc1cc(Cl)cc(I)c1.OC1CCN(c2cc(Cl)cc(Cl)c2)CC1.OC1CCNCC1.SC1CCN(c2cc(Cl)cc(Cl)c2)CC1. The molecule has 0 spiro atoms. The Hall–Kier alpha value is -0.840. The first-order valence-corrected chi connectivity index (χ1v) is 31.3. The highest BCUT2D eigenvalue weighted by Crippen LogP contribution is 2.32. The number of thiol groups is 1. The van der Waals surface area contributed by atoms with Crippen LogP contribution in [0.2, 0.25) is 50.2 Å². The minimum atomic E-state index is -0.157. The number of anilines is 4. The van der Waals surface area contributed by atoms with Crippen LogP contribution >= 0.6 is 151 Å². The summed E-state index contributed by atoms with van der Waals surface area (Å²) in [4.78, 5) is 9.23. The Morgan fingerprint density at radius 3 is 0.829 bits per heavy atom. The number of aliphatic hydroxyl groups is 2. The third-order valence-corrected chi connectivity index (χ3v) is 16.8. The van der Waals surface area contributed by atoms with Crippen molar-refractivity contribution in [2.45, 2.75) is 95.5 Å². The lowest BCUT2D eigenvalue weighted by atomic mass is 9.99. The van der Waals surface area contributed by atoms with E-state index in [1.165, 1.54) is 25.7 Å². The van der Waals surface area contributed by atoms with Crippen molar-refractivity contribution in [1.82, 2.24) is 5.32 Å². The Morgan fingerprint density at radius 2 is 0.592 bits per heavy atom. The minimum absolute atomic E-state index is 0.0266. The summed E-state index contributed by atoms with van der Waals surface area (Å²) in [6.45, 7) is 14.8. The molecule has 0 aromatic heterocycles. The van der Waals surface area contributed by atoms with Gasteiger partial charge in [-0.3, -0.25) is 0 Å². The van der Waals surface area contributed by atoms with Gasteiger partial charge in [0.15, 0.2) is 0 Å². The van der Waals surface area contributed by atoms with Gasteiger partial charge in [-0.15, -0.1) is 0 Å². The van der Waals surface area contributed by atoms with E-state index in [-0.39, 0.29) is 12.2 Å². The molecule has 5 saturated heterocycles. The fourth-order valence-corrected chi connectivity index (χ4v) is 12.9. The first-order chi connectivity index (χ1) is 36.2. The Labute approximate surface area is 521 Å². The molecule has 5 aliphatic rings. The van der Waals surface area contributed by atoms with Crippen LogP contribution < -0.4 is 24.9 Å². The van der Waals surface area contributed by atoms with Crippen molar-refractivity contribution < 1.29 is 10.2 Å². The number of hydrogen-bond acceptors (Lipinski definition) is 8. The van der Waals surface area contributed by atoms with Crippen LogP contribution in [0.1, 0.15) is 78.1 Å². The molecule has 0 bridgehead atoms. The minimum Gasteiger partial charge on any atom is -0.393 e. The summed E-state index contributed by atoms with van der Waals surface area (Å²) in [5.74, 6) is 1.69.